The molecule has 1 aromatic heterocycles. The standard InChI is InChI=1S/C15H20FN3O/c1-11(2)9-17-10-12-6-7-19(18-12)15-8-13(20-3)4-5-14(15)16/h4-8,11,17H,9-10H2,1-3H3. The maximum Gasteiger partial charge on any atom is 0.149 e. The largest absolute Gasteiger partial charge is 0.497 e. The number of halogens is 1. The highest BCUT2D eigenvalue weighted by Gasteiger charge is 2.08. The molecule has 0 aliphatic rings. The molecule has 0 aliphatic heterocycles. The number of ether oxygens (including phenoxy) is 1. The van der Waals surface area contributed by atoms with E-state index < -0.39 is 0 Å². The van der Waals surface area contributed by atoms with Crippen molar-refractivity contribution in [3.05, 3.63) is 42.0 Å². The Morgan fingerprint density at radius 1 is 1.35 bits per heavy atom. The molecule has 0 atom stereocenters. The molecule has 0 unspecified atom stereocenters. The third kappa shape index (κ3) is 3.57. The molecule has 108 valence electrons. The van der Waals surface area contributed by atoms with Gasteiger partial charge in [-0.3, -0.25) is 0 Å². The van der Waals surface area contributed by atoms with Gasteiger partial charge >= 0.3 is 0 Å². The van der Waals surface area contributed by atoms with E-state index in [1.807, 2.05) is 6.07 Å². The first kappa shape index (κ1) is 14.5. The lowest BCUT2D eigenvalue weighted by molar-refractivity contribution is 0.413. The zero-order chi connectivity index (χ0) is 14.5. The molecule has 0 aliphatic carbocycles. The van der Waals surface area contributed by atoms with Crippen molar-refractivity contribution in [2.45, 2.75) is 20.4 Å². The van der Waals surface area contributed by atoms with Crippen LogP contribution >= 0.6 is 0 Å². The number of nitrogens with one attached hydrogen (secondary N) is 1. The van der Waals surface area contributed by atoms with Crippen molar-refractivity contribution in [1.29, 1.82) is 0 Å². The molecule has 0 amide bonds. The Kier molecular flexibility index (Phi) is 4.74. The summed E-state index contributed by atoms with van der Waals surface area (Å²) in [7, 11) is 1.56. The van der Waals surface area contributed by atoms with Crippen molar-refractivity contribution in [3.63, 3.8) is 0 Å². The summed E-state index contributed by atoms with van der Waals surface area (Å²) in [5, 5.41) is 7.68. The fraction of sp³-hybridized carbons (Fsp3) is 0.400. The van der Waals surface area contributed by atoms with Crippen LogP contribution in [0.1, 0.15) is 19.5 Å². The number of hydrogen-bond acceptors (Lipinski definition) is 3. The van der Waals surface area contributed by atoms with E-state index in [-0.39, 0.29) is 5.82 Å². The first-order valence-electron chi connectivity index (χ1n) is 6.69. The average molecular weight is 277 g/mol. The van der Waals surface area contributed by atoms with Gasteiger partial charge in [-0.1, -0.05) is 13.8 Å². The van der Waals surface area contributed by atoms with Crippen LogP contribution in [0, 0.1) is 11.7 Å². The van der Waals surface area contributed by atoms with Gasteiger partial charge in [0.1, 0.15) is 17.3 Å². The van der Waals surface area contributed by atoms with Gasteiger partial charge in [0.25, 0.3) is 0 Å². The average Bonchev–Trinajstić information content (AvgIpc) is 2.87. The SMILES string of the molecule is COc1ccc(F)c(-n2ccc(CNCC(C)C)n2)c1. The molecular formula is C15H20FN3O. The molecule has 0 bridgehead atoms. The summed E-state index contributed by atoms with van der Waals surface area (Å²) in [6.45, 7) is 5.91. The first-order valence-corrected chi connectivity index (χ1v) is 6.69. The predicted octanol–water partition coefficient (Wildman–Crippen LogP) is 2.77. The number of nitrogens with zero attached hydrogens (tertiary/aromatic N) is 2. The zero-order valence-electron chi connectivity index (χ0n) is 12.1. The van der Waals surface area contributed by atoms with Crippen molar-refractivity contribution >= 4 is 0 Å². The highest BCUT2D eigenvalue weighted by Crippen LogP contribution is 2.19. The van der Waals surface area contributed by atoms with Crippen LogP contribution in [0.2, 0.25) is 0 Å². The van der Waals surface area contributed by atoms with E-state index in [9.17, 15) is 4.39 Å². The van der Waals surface area contributed by atoms with Crippen molar-refractivity contribution in [2.75, 3.05) is 13.7 Å². The van der Waals surface area contributed by atoms with Crippen LogP contribution in [0.5, 0.6) is 5.75 Å². The molecule has 0 fully saturated rings. The van der Waals surface area contributed by atoms with E-state index in [1.54, 1.807) is 25.4 Å². The quantitative estimate of drug-likeness (QED) is 0.882. The topological polar surface area (TPSA) is 39.1 Å². The van der Waals surface area contributed by atoms with Gasteiger partial charge in [-0.05, 0) is 30.7 Å². The van der Waals surface area contributed by atoms with Gasteiger partial charge < -0.3 is 10.1 Å². The Labute approximate surface area is 118 Å². The second-order valence-electron chi connectivity index (χ2n) is 5.09. The van der Waals surface area contributed by atoms with Crippen molar-refractivity contribution in [1.82, 2.24) is 15.1 Å². The second kappa shape index (κ2) is 6.52. The highest BCUT2D eigenvalue weighted by molar-refractivity contribution is 5.40. The van der Waals surface area contributed by atoms with Crippen molar-refractivity contribution in [3.8, 4) is 11.4 Å². The first-order chi connectivity index (χ1) is 9.60. The number of hydrogen-bond donors (Lipinski definition) is 1. The number of aromatic nitrogens is 2. The van der Waals surface area contributed by atoms with E-state index in [0.717, 1.165) is 12.2 Å². The summed E-state index contributed by atoms with van der Waals surface area (Å²) in [4.78, 5) is 0. The van der Waals surface area contributed by atoms with Crippen LogP contribution < -0.4 is 10.1 Å². The Hall–Kier alpha value is -1.88. The molecule has 2 aromatic rings. The van der Waals surface area contributed by atoms with Crippen LogP contribution in [-0.4, -0.2) is 23.4 Å². The molecule has 2 rings (SSSR count). The van der Waals surface area contributed by atoms with Crippen LogP contribution in [0.15, 0.2) is 30.5 Å². The monoisotopic (exact) mass is 277 g/mol. The summed E-state index contributed by atoms with van der Waals surface area (Å²) in [6.07, 6.45) is 1.75. The Morgan fingerprint density at radius 2 is 2.15 bits per heavy atom. The van der Waals surface area contributed by atoms with Gasteiger partial charge in [0, 0.05) is 18.8 Å². The van der Waals surface area contributed by atoms with E-state index in [2.05, 4.69) is 24.3 Å². The smallest absolute Gasteiger partial charge is 0.149 e. The molecule has 5 heteroatoms. The van der Waals surface area contributed by atoms with E-state index in [4.69, 9.17) is 4.74 Å². The molecule has 1 N–H and O–H groups in total. The summed E-state index contributed by atoms with van der Waals surface area (Å²) in [5.41, 5.74) is 1.27. The number of benzene rings is 1. The minimum absolute atomic E-state index is 0.324. The molecule has 0 saturated heterocycles. The fourth-order valence-corrected chi connectivity index (χ4v) is 1.87. The molecular weight excluding hydrogens is 257 g/mol. The van der Waals surface area contributed by atoms with Crippen LogP contribution in [-0.2, 0) is 6.54 Å². The van der Waals surface area contributed by atoms with Crippen molar-refractivity contribution in [2.24, 2.45) is 5.92 Å². The van der Waals surface area contributed by atoms with Gasteiger partial charge in [0.15, 0.2) is 0 Å². The summed E-state index contributed by atoms with van der Waals surface area (Å²) >= 11 is 0. The summed E-state index contributed by atoms with van der Waals surface area (Å²) in [6, 6.07) is 6.49. The Balaban J connectivity index is 2.12. The fourth-order valence-electron chi connectivity index (χ4n) is 1.87. The molecule has 0 spiro atoms. The van der Waals surface area contributed by atoms with Crippen LogP contribution in [0.4, 0.5) is 4.39 Å². The molecule has 1 heterocycles. The zero-order valence-corrected chi connectivity index (χ0v) is 12.1. The van der Waals surface area contributed by atoms with E-state index >= 15 is 0 Å². The van der Waals surface area contributed by atoms with Gasteiger partial charge in [0.2, 0.25) is 0 Å². The summed E-state index contributed by atoms with van der Waals surface area (Å²) in [5.74, 6) is 0.875. The maximum atomic E-state index is 13.8. The van der Waals surface area contributed by atoms with Crippen LogP contribution in [0.25, 0.3) is 5.69 Å². The van der Waals surface area contributed by atoms with Gasteiger partial charge in [-0.25, -0.2) is 9.07 Å². The predicted molar refractivity (Wildman–Crippen MR) is 76.6 cm³/mol. The second-order valence-corrected chi connectivity index (χ2v) is 5.09. The third-order valence-corrected chi connectivity index (χ3v) is 2.90. The minimum atomic E-state index is -0.324. The van der Waals surface area contributed by atoms with Gasteiger partial charge in [0.05, 0.1) is 12.8 Å². The molecule has 0 radical (unpaired) electrons. The summed E-state index contributed by atoms with van der Waals surface area (Å²) < 4.78 is 20.5. The molecule has 4 nitrogen and oxygen atoms in total. The number of methoxy groups -OCH3 is 1. The van der Waals surface area contributed by atoms with Crippen molar-refractivity contribution < 1.29 is 9.13 Å². The van der Waals surface area contributed by atoms with Gasteiger partial charge in [-0.15, -0.1) is 0 Å². The molecule has 0 saturated carbocycles. The molecule has 20 heavy (non-hydrogen) atoms. The Bertz CT molecular complexity index is 566. The van der Waals surface area contributed by atoms with Gasteiger partial charge in [-0.2, -0.15) is 5.10 Å². The lowest BCUT2D eigenvalue weighted by Gasteiger charge is -2.07. The highest BCUT2D eigenvalue weighted by atomic mass is 19.1. The third-order valence-electron chi connectivity index (χ3n) is 2.90. The lowest BCUT2D eigenvalue weighted by atomic mass is 10.2. The molecule has 1 aromatic carbocycles. The van der Waals surface area contributed by atoms with E-state index in [1.165, 1.54) is 10.7 Å². The minimum Gasteiger partial charge on any atom is -0.497 e. The Morgan fingerprint density at radius 3 is 2.85 bits per heavy atom. The number of rotatable bonds is 6. The normalized spacial score (nSPS) is 11.1. The maximum absolute atomic E-state index is 13.8. The van der Waals surface area contributed by atoms with Crippen LogP contribution in [0.3, 0.4) is 0 Å². The lowest BCUT2D eigenvalue weighted by Crippen LogP contribution is -2.19. The van der Waals surface area contributed by atoms with E-state index in [0.29, 0.717) is 23.9 Å².